The molecule has 0 saturated heterocycles. The minimum Gasteiger partial charge on any atom is -0.481 e. The predicted molar refractivity (Wildman–Crippen MR) is 65.1 cm³/mol. The Balaban J connectivity index is 0.000000487. The summed E-state index contributed by atoms with van der Waals surface area (Å²) in [7, 11) is 0. The molecule has 0 heterocycles. The first-order valence-electron chi connectivity index (χ1n) is 5.31. The van der Waals surface area contributed by atoms with Gasteiger partial charge in [0.25, 0.3) is 5.97 Å². The van der Waals surface area contributed by atoms with Gasteiger partial charge >= 0.3 is 0 Å². The van der Waals surface area contributed by atoms with E-state index in [0.29, 0.717) is 0 Å². The SMILES string of the molecule is CC(=O)O.NCCCNCc1ccccc1. The maximum absolute atomic E-state index is 9.00. The zero-order valence-electron chi connectivity index (χ0n) is 9.65. The van der Waals surface area contributed by atoms with Crippen LogP contribution in [0.5, 0.6) is 0 Å². The van der Waals surface area contributed by atoms with E-state index in [-0.39, 0.29) is 0 Å². The molecule has 0 atom stereocenters. The molecular formula is C12H20N2O2. The van der Waals surface area contributed by atoms with Gasteiger partial charge in [-0.05, 0) is 25.1 Å². The van der Waals surface area contributed by atoms with Crippen LogP contribution in [-0.4, -0.2) is 24.2 Å². The van der Waals surface area contributed by atoms with E-state index in [4.69, 9.17) is 15.6 Å². The van der Waals surface area contributed by atoms with Gasteiger partial charge in [0.2, 0.25) is 0 Å². The molecule has 0 bridgehead atoms. The fourth-order valence-corrected chi connectivity index (χ4v) is 1.06. The van der Waals surface area contributed by atoms with Crippen LogP contribution in [0.4, 0.5) is 0 Å². The molecule has 0 amide bonds. The van der Waals surface area contributed by atoms with E-state index < -0.39 is 5.97 Å². The highest BCUT2D eigenvalue weighted by atomic mass is 16.4. The van der Waals surface area contributed by atoms with Crippen LogP contribution < -0.4 is 11.1 Å². The van der Waals surface area contributed by atoms with Crippen LogP contribution in [0.3, 0.4) is 0 Å². The second-order valence-electron chi connectivity index (χ2n) is 3.32. The van der Waals surface area contributed by atoms with Gasteiger partial charge in [0.15, 0.2) is 0 Å². The van der Waals surface area contributed by atoms with E-state index in [1.54, 1.807) is 0 Å². The molecule has 16 heavy (non-hydrogen) atoms. The molecule has 0 aliphatic rings. The van der Waals surface area contributed by atoms with E-state index in [1.165, 1.54) is 5.56 Å². The van der Waals surface area contributed by atoms with Crippen LogP contribution >= 0.6 is 0 Å². The van der Waals surface area contributed by atoms with Gasteiger partial charge in [-0.15, -0.1) is 0 Å². The lowest BCUT2D eigenvalue weighted by Gasteiger charge is -2.02. The third-order valence-corrected chi connectivity index (χ3v) is 1.73. The summed E-state index contributed by atoms with van der Waals surface area (Å²) in [5.41, 5.74) is 6.70. The molecule has 4 heteroatoms. The van der Waals surface area contributed by atoms with Gasteiger partial charge in [-0.1, -0.05) is 30.3 Å². The first kappa shape index (κ1) is 14.6. The van der Waals surface area contributed by atoms with E-state index in [1.807, 2.05) is 6.07 Å². The molecule has 0 spiro atoms. The third kappa shape index (κ3) is 10.7. The normalized spacial score (nSPS) is 9.12. The second-order valence-corrected chi connectivity index (χ2v) is 3.32. The number of hydrogen-bond acceptors (Lipinski definition) is 3. The number of carboxylic acids is 1. The Morgan fingerprint density at radius 2 is 1.94 bits per heavy atom. The van der Waals surface area contributed by atoms with Crippen LogP contribution in [0.15, 0.2) is 30.3 Å². The number of rotatable bonds is 5. The topological polar surface area (TPSA) is 75.3 Å². The maximum atomic E-state index is 9.00. The van der Waals surface area contributed by atoms with Crippen molar-refractivity contribution in [1.82, 2.24) is 5.32 Å². The molecule has 0 unspecified atom stereocenters. The first-order chi connectivity index (χ1) is 7.66. The Morgan fingerprint density at radius 3 is 2.44 bits per heavy atom. The predicted octanol–water partition coefficient (Wildman–Crippen LogP) is 1.22. The fourth-order valence-electron chi connectivity index (χ4n) is 1.06. The number of nitrogens with one attached hydrogen (secondary N) is 1. The van der Waals surface area contributed by atoms with Crippen LogP contribution in [-0.2, 0) is 11.3 Å². The minimum atomic E-state index is -0.833. The molecule has 90 valence electrons. The quantitative estimate of drug-likeness (QED) is 0.657. The summed E-state index contributed by atoms with van der Waals surface area (Å²) in [4.78, 5) is 9.00. The van der Waals surface area contributed by atoms with Crippen LogP contribution in [0.25, 0.3) is 0 Å². The molecule has 4 nitrogen and oxygen atoms in total. The summed E-state index contributed by atoms with van der Waals surface area (Å²) in [6.07, 6.45) is 1.05. The van der Waals surface area contributed by atoms with Crippen molar-refractivity contribution in [2.75, 3.05) is 13.1 Å². The lowest BCUT2D eigenvalue weighted by molar-refractivity contribution is -0.134. The van der Waals surface area contributed by atoms with Crippen molar-refractivity contribution >= 4 is 5.97 Å². The number of benzene rings is 1. The largest absolute Gasteiger partial charge is 0.481 e. The van der Waals surface area contributed by atoms with Crippen molar-refractivity contribution in [3.05, 3.63) is 35.9 Å². The zero-order chi connectivity index (χ0) is 12.2. The van der Waals surface area contributed by atoms with Gasteiger partial charge in [0, 0.05) is 13.5 Å². The van der Waals surface area contributed by atoms with Crippen molar-refractivity contribution in [2.45, 2.75) is 19.9 Å². The molecule has 1 aromatic carbocycles. The van der Waals surface area contributed by atoms with Gasteiger partial charge in [-0.25, -0.2) is 0 Å². The second kappa shape index (κ2) is 10.1. The van der Waals surface area contributed by atoms with E-state index in [9.17, 15) is 0 Å². The van der Waals surface area contributed by atoms with Crippen LogP contribution in [0.2, 0.25) is 0 Å². The van der Waals surface area contributed by atoms with Gasteiger partial charge in [0.1, 0.15) is 0 Å². The van der Waals surface area contributed by atoms with Crippen molar-refractivity contribution in [1.29, 1.82) is 0 Å². The standard InChI is InChI=1S/C10H16N2.C2H4O2/c11-7-4-8-12-9-10-5-2-1-3-6-10;1-2(3)4/h1-3,5-6,12H,4,7-9,11H2;1H3,(H,3,4). The Bertz CT molecular complexity index is 272. The van der Waals surface area contributed by atoms with Gasteiger partial charge < -0.3 is 16.2 Å². The molecule has 0 aromatic heterocycles. The summed E-state index contributed by atoms with van der Waals surface area (Å²) in [5, 5.41) is 10.7. The first-order valence-corrected chi connectivity index (χ1v) is 5.31. The van der Waals surface area contributed by atoms with Crippen LogP contribution in [0, 0.1) is 0 Å². The molecule has 0 aliphatic carbocycles. The molecule has 0 saturated carbocycles. The summed E-state index contributed by atoms with van der Waals surface area (Å²) in [5.74, 6) is -0.833. The minimum absolute atomic E-state index is 0.766. The highest BCUT2D eigenvalue weighted by Gasteiger charge is 1.88. The molecule has 0 radical (unpaired) electrons. The summed E-state index contributed by atoms with van der Waals surface area (Å²) < 4.78 is 0. The lowest BCUT2D eigenvalue weighted by Crippen LogP contribution is -2.17. The zero-order valence-corrected chi connectivity index (χ0v) is 9.65. The monoisotopic (exact) mass is 224 g/mol. The average Bonchev–Trinajstić information content (AvgIpc) is 2.25. The van der Waals surface area contributed by atoms with Gasteiger partial charge in [-0.3, -0.25) is 4.79 Å². The van der Waals surface area contributed by atoms with E-state index in [2.05, 4.69) is 29.6 Å². The number of aliphatic carboxylic acids is 1. The summed E-state index contributed by atoms with van der Waals surface area (Å²) in [6.45, 7) is 3.80. The summed E-state index contributed by atoms with van der Waals surface area (Å²) >= 11 is 0. The number of carboxylic acid groups (broad SMARTS) is 1. The maximum Gasteiger partial charge on any atom is 0.300 e. The highest BCUT2D eigenvalue weighted by Crippen LogP contribution is 1.96. The third-order valence-electron chi connectivity index (χ3n) is 1.73. The van der Waals surface area contributed by atoms with Gasteiger partial charge in [-0.2, -0.15) is 0 Å². The molecule has 4 N–H and O–H groups in total. The van der Waals surface area contributed by atoms with Crippen molar-refractivity contribution in [3.63, 3.8) is 0 Å². The number of hydrogen-bond donors (Lipinski definition) is 3. The van der Waals surface area contributed by atoms with Crippen molar-refractivity contribution in [2.24, 2.45) is 5.73 Å². The van der Waals surface area contributed by atoms with Gasteiger partial charge in [0.05, 0.1) is 0 Å². The smallest absolute Gasteiger partial charge is 0.300 e. The number of nitrogens with two attached hydrogens (primary N) is 1. The summed E-state index contributed by atoms with van der Waals surface area (Å²) in [6, 6.07) is 10.4. The molecule has 1 aromatic rings. The fraction of sp³-hybridized carbons (Fsp3) is 0.417. The van der Waals surface area contributed by atoms with Crippen LogP contribution in [0.1, 0.15) is 18.9 Å². The molecule has 0 aliphatic heterocycles. The lowest BCUT2D eigenvalue weighted by atomic mass is 10.2. The Labute approximate surface area is 96.5 Å². The Morgan fingerprint density at radius 1 is 1.38 bits per heavy atom. The number of carbonyl (C=O) groups is 1. The average molecular weight is 224 g/mol. The van der Waals surface area contributed by atoms with E-state index in [0.717, 1.165) is 33.0 Å². The molecule has 1 rings (SSSR count). The van der Waals surface area contributed by atoms with Crippen molar-refractivity contribution in [3.8, 4) is 0 Å². The Hall–Kier alpha value is -1.39. The molecular weight excluding hydrogens is 204 g/mol. The Kier molecular flexibility index (Phi) is 9.26. The molecule has 0 fully saturated rings. The van der Waals surface area contributed by atoms with E-state index >= 15 is 0 Å². The van der Waals surface area contributed by atoms with Crippen molar-refractivity contribution < 1.29 is 9.90 Å². The highest BCUT2D eigenvalue weighted by molar-refractivity contribution is 5.62.